The lowest BCUT2D eigenvalue weighted by molar-refractivity contribution is -0.134. The predicted octanol–water partition coefficient (Wildman–Crippen LogP) is 3.09. The summed E-state index contributed by atoms with van der Waals surface area (Å²) in [6, 6.07) is 2.09. The largest absolute Gasteiger partial charge is 0.338 e. The van der Waals surface area contributed by atoms with Gasteiger partial charge in [-0.2, -0.15) is 0 Å². The molecular formula is C16H25ClN2O2S. The van der Waals surface area contributed by atoms with Crippen LogP contribution in [0.5, 0.6) is 0 Å². The molecule has 2 heterocycles. The van der Waals surface area contributed by atoms with E-state index in [2.05, 4.69) is 0 Å². The molecule has 2 N–H and O–H groups in total. The van der Waals surface area contributed by atoms with E-state index in [0.717, 1.165) is 41.1 Å². The van der Waals surface area contributed by atoms with E-state index in [4.69, 9.17) is 5.73 Å². The number of hydrogen-bond donors (Lipinski definition) is 1. The predicted molar refractivity (Wildman–Crippen MR) is 93.0 cm³/mol. The molecule has 0 bridgehead atoms. The van der Waals surface area contributed by atoms with Gasteiger partial charge in [0.2, 0.25) is 5.91 Å². The number of amides is 1. The van der Waals surface area contributed by atoms with Crippen LogP contribution in [0.25, 0.3) is 0 Å². The summed E-state index contributed by atoms with van der Waals surface area (Å²) in [5.74, 6) is 0.148. The maximum Gasteiger partial charge on any atom is 0.223 e. The van der Waals surface area contributed by atoms with Crippen molar-refractivity contribution in [2.45, 2.75) is 52.0 Å². The molecule has 1 saturated heterocycles. The number of ketones is 1. The lowest BCUT2D eigenvalue weighted by atomic mass is 10.0. The number of carbonyl (C=O) groups excluding carboxylic acids is 2. The second-order valence-corrected chi connectivity index (χ2v) is 7.18. The fraction of sp³-hybridized carbons (Fsp3) is 0.625. The number of Topliss-reactive ketones (excluding diaryl/α,β-unsaturated/α-hetero) is 1. The van der Waals surface area contributed by atoms with Crippen molar-refractivity contribution in [1.82, 2.24) is 4.90 Å². The summed E-state index contributed by atoms with van der Waals surface area (Å²) < 4.78 is 0. The Morgan fingerprint density at radius 2 is 2.05 bits per heavy atom. The molecule has 0 radical (unpaired) electrons. The normalized spacial score (nSPS) is 18.0. The van der Waals surface area contributed by atoms with Gasteiger partial charge in [0.05, 0.1) is 0 Å². The Kier molecular flexibility index (Phi) is 7.53. The summed E-state index contributed by atoms with van der Waals surface area (Å²) in [7, 11) is 0. The highest BCUT2D eigenvalue weighted by Gasteiger charge is 2.25. The average Bonchev–Trinajstić information content (AvgIpc) is 2.83. The van der Waals surface area contributed by atoms with Crippen molar-refractivity contribution in [3.8, 4) is 0 Å². The first-order chi connectivity index (χ1) is 10.0. The minimum atomic E-state index is 0. The number of carbonyl (C=O) groups is 2. The molecule has 4 nitrogen and oxygen atoms in total. The van der Waals surface area contributed by atoms with Crippen LogP contribution in [0.4, 0.5) is 0 Å². The summed E-state index contributed by atoms with van der Waals surface area (Å²) in [6.45, 7) is 5.26. The monoisotopic (exact) mass is 344 g/mol. The van der Waals surface area contributed by atoms with Crippen molar-refractivity contribution >= 4 is 35.4 Å². The summed E-state index contributed by atoms with van der Waals surface area (Å²) in [5, 5.41) is 0. The van der Waals surface area contributed by atoms with Gasteiger partial charge in [0.15, 0.2) is 5.78 Å². The van der Waals surface area contributed by atoms with Crippen LogP contribution in [0.1, 0.15) is 52.2 Å². The third kappa shape index (κ3) is 4.54. The minimum absolute atomic E-state index is 0. The fourth-order valence-corrected chi connectivity index (χ4v) is 3.92. The van der Waals surface area contributed by atoms with Crippen LogP contribution in [-0.4, -0.2) is 35.7 Å². The molecule has 0 aliphatic carbocycles. The van der Waals surface area contributed by atoms with Crippen LogP contribution in [-0.2, 0) is 4.79 Å². The standard InChI is InChI=1S/C16H24N2O2S.ClH/c1-11-9-14(12(2)21-11)15(19)6-7-16(20)18-8-4-3-5-13(18)10-17;/h9,13H,3-8,10,17H2,1-2H3;1H. The van der Waals surface area contributed by atoms with Crippen LogP contribution in [0.3, 0.4) is 0 Å². The third-order valence-corrected chi connectivity index (χ3v) is 5.09. The molecule has 1 unspecified atom stereocenters. The zero-order chi connectivity index (χ0) is 15.4. The highest BCUT2D eigenvalue weighted by atomic mass is 35.5. The van der Waals surface area contributed by atoms with Crippen molar-refractivity contribution in [1.29, 1.82) is 0 Å². The van der Waals surface area contributed by atoms with Gasteiger partial charge in [-0.05, 0) is 39.2 Å². The summed E-state index contributed by atoms with van der Waals surface area (Å²) in [6.07, 6.45) is 3.75. The number of halogens is 1. The van der Waals surface area contributed by atoms with E-state index in [-0.39, 0.29) is 30.1 Å². The molecule has 1 aromatic heterocycles. The van der Waals surface area contributed by atoms with Crippen molar-refractivity contribution in [3.05, 3.63) is 21.4 Å². The van der Waals surface area contributed by atoms with Gasteiger partial charge in [-0.1, -0.05) is 0 Å². The van der Waals surface area contributed by atoms with E-state index in [0.29, 0.717) is 19.4 Å². The number of hydrogen-bond acceptors (Lipinski definition) is 4. The Balaban J connectivity index is 0.00000242. The van der Waals surface area contributed by atoms with Gasteiger partial charge < -0.3 is 10.6 Å². The van der Waals surface area contributed by atoms with E-state index >= 15 is 0 Å². The Morgan fingerprint density at radius 3 is 2.64 bits per heavy atom. The molecule has 124 valence electrons. The Bertz CT molecular complexity index is 530. The topological polar surface area (TPSA) is 63.4 Å². The van der Waals surface area contributed by atoms with E-state index in [1.54, 1.807) is 11.3 Å². The SMILES string of the molecule is Cc1cc(C(=O)CCC(=O)N2CCCCC2CN)c(C)s1.Cl. The van der Waals surface area contributed by atoms with Crippen molar-refractivity contribution in [2.75, 3.05) is 13.1 Å². The zero-order valence-electron chi connectivity index (χ0n) is 13.3. The number of nitrogens with zero attached hydrogens (tertiary/aromatic N) is 1. The molecule has 0 aromatic carbocycles. The highest BCUT2D eigenvalue weighted by Crippen LogP contribution is 2.23. The molecule has 1 aliphatic heterocycles. The molecule has 1 aliphatic rings. The van der Waals surface area contributed by atoms with Gasteiger partial charge in [0.1, 0.15) is 0 Å². The lowest BCUT2D eigenvalue weighted by Gasteiger charge is -2.35. The molecule has 0 spiro atoms. The zero-order valence-corrected chi connectivity index (χ0v) is 14.9. The number of aryl methyl sites for hydroxylation is 2. The van der Waals surface area contributed by atoms with Gasteiger partial charge in [0.25, 0.3) is 0 Å². The minimum Gasteiger partial charge on any atom is -0.338 e. The van der Waals surface area contributed by atoms with Crippen molar-refractivity contribution in [2.24, 2.45) is 5.73 Å². The molecule has 1 amide bonds. The van der Waals surface area contributed by atoms with Crippen LogP contribution >= 0.6 is 23.7 Å². The van der Waals surface area contributed by atoms with E-state index in [1.165, 1.54) is 0 Å². The molecular weight excluding hydrogens is 320 g/mol. The summed E-state index contributed by atoms with van der Waals surface area (Å²) in [4.78, 5) is 28.6. The molecule has 1 aromatic rings. The maximum absolute atomic E-state index is 12.3. The van der Waals surface area contributed by atoms with Gasteiger partial charge in [-0.25, -0.2) is 0 Å². The number of thiophene rings is 1. The first-order valence-corrected chi connectivity index (χ1v) is 8.44. The van der Waals surface area contributed by atoms with Gasteiger partial charge in [-0.3, -0.25) is 9.59 Å². The van der Waals surface area contributed by atoms with Gasteiger partial charge in [0, 0.05) is 47.3 Å². The molecule has 22 heavy (non-hydrogen) atoms. The third-order valence-electron chi connectivity index (χ3n) is 4.13. The van der Waals surface area contributed by atoms with E-state index in [9.17, 15) is 9.59 Å². The van der Waals surface area contributed by atoms with Crippen LogP contribution < -0.4 is 5.73 Å². The molecule has 6 heteroatoms. The second kappa shape index (κ2) is 8.65. The maximum atomic E-state index is 12.3. The molecule has 1 atom stereocenters. The van der Waals surface area contributed by atoms with Crippen molar-refractivity contribution < 1.29 is 9.59 Å². The lowest BCUT2D eigenvalue weighted by Crippen LogP contribution is -2.47. The Hall–Kier alpha value is -0.910. The average molecular weight is 345 g/mol. The number of rotatable bonds is 5. The first kappa shape index (κ1) is 19.1. The highest BCUT2D eigenvalue weighted by molar-refractivity contribution is 7.12. The van der Waals surface area contributed by atoms with Gasteiger partial charge >= 0.3 is 0 Å². The van der Waals surface area contributed by atoms with E-state index < -0.39 is 0 Å². The fourth-order valence-electron chi connectivity index (χ4n) is 2.98. The van der Waals surface area contributed by atoms with Crippen LogP contribution in [0.15, 0.2) is 6.07 Å². The van der Waals surface area contributed by atoms with E-state index in [1.807, 2.05) is 24.8 Å². The quantitative estimate of drug-likeness (QED) is 0.835. The molecule has 0 saturated carbocycles. The molecule has 1 fully saturated rings. The molecule has 2 rings (SSSR count). The van der Waals surface area contributed by atoms with Gasteiger partial charge in [-0.15, -0.1) is 23.7 Å². The van der Waals surface area contributed by atoms with Crippen LogP contribution in [0.2, 0.25) is 0 Å². The van der Waals surface area contributed by atoms with Crippen LogP contribution in [0, 0.1) is 13.8 Å². The first-order valence-electron chi connectivity index (χ1n) is 7.62. The number of likely N-dealkylation sites (tertiary alicyclic amines) is 1. The number of nitrogens with two attached hydrogens (primary N) is 1. The summed E-state index contributed by atoms with van der Waals surface area (Å²) >= 11 is 1.63. The summed E-state index contributed by atoms with van der Waals surface area (Å²) in [5.41, 5.74) is 6.52. The Labute approximate surface area is 142 Å². The van der Waals surface area contributed by atoms with Crippen molar-refractivity contribution in [3.63, 3.8) is 0 Å². The number of piperidine rings is 1. The smallest absolute Gasteiger partial charge is 0.223 e. The Morgan fingerprint density at radius 1 is 1.32 bits per heavy atom. The second-order valence-electron chi connectivity index (χ2n) is 5.72.